The molecule has 6 nitrogen and oxygen atoms in total. The van der Waals surface area contributed by atoms with Crippen LogP contribution in [0.25, 0.3) is 0 Å². The highest BCUT2D eigenvalue weighted by atomic mass is 16.6. The summed E-state index contributed by atoms with van der Waals surface area (Å²) in [5.74, 6) is 0.823. The fourth-order valence-corrected chi connectivity index (χ4v) is 6.90. The molecule has 0 radical (unpaired) electrons. The first kappa shape index (κ1) is 51.4. The van der Waals surface area contributed by atoms with Gasteiger partial charge in [0.2, 0.25) is 0 Å². The smallest absolute Gasteiger partial charge is 0.306 e. The summed E-state index contributed by atoms with van der Waals surface area (Å²) in [5.41, 5.74) is 0. The quantitative estimate of drug-likeness (QED) is 0.0352. The van der Waals surface area contributed by atoms with Crippen molar-refractivity contribution in [1.82, 2.24) is 0 Å². The molecule has 0 heterocycles. The lowest BCUT2D eigenvalue weighted by atomic mass is 9.99. The predicted octanol–water partition coefficient (Wildman–Crippen LogP) is 14.6. The van der Waals surface area contributed by atoms with Gasteiger partial charge >= 0.3 is 17.9 Å². The van der Waals surface area contributed by atoms with Gasteiger partial charge in [-0.05, 0) is 31.1 Å². The fraction of sp³-hybridized carbons (Fsp3) is 0.936. The molecule has 0 saturated carbocycles. The lowest BCUT2D eigenvalue weighted by Gasteiger charge is -2.18. The Bertz CT molecular complexity index is 811. The SMILES string of the molecule is CCCCCCCCCC(=O)OC[C@@H](COC(=O)CCCCCCCCCCC(C)CC)OC(=O)CCCCCCCCCCCCCCCC(C)C. The number of ether oxygens (including phenoxy) is 3. The number of carbonyl (C=O) groups is 3. The highest BCUT2D eigenvalue weighted by Gasteiger charge is 2.19. The van der Waals surface area contributed by atoms with Gasteiger partial charge in [-0.2, -0.15) is 0 Å². The maximum Gasteiger partial charge on any atom is 0.306 e. The van der Waals surface area contributed by atoms with Crippen molar-refractivity contribution in [3.63, 3.8) is 0 Å². The van der Waals surface area contributed by atoms with Crippen LogP contribution >= 0.6 is 0 Å². The Labute approximate surface area is 329 Å². The summed E-state index contributed by atoms with van der Waals surface area (Å²) in [6.07, 6.45) is 38.1. The van der Waals surface area contributed by atoms with Crippen molar-refractivity contribution in [2.45, 2.75) is 259 Å². The normalized spacial score (nSPS) is 12.6. The topological polar surface area (TPSA) is 78.9 Å². The minimum Gasteiger partial charge on any atom is -0.462 e. The average molecular weight is 751 g/mol. The Morgan fingerprint density at radius 1 is 0.396 bits per heavy atom. The molecule has 1 unspecified atom stereocenters. The molecule has 0 aromatic rings. The summed E-state index contributed by atoms with van der Waals surface area (Å²) in [4.78, 5) is 37.6. The second-order valence-corrected chi connectivity index (χ2v) is 16.8. The standard InChI is InChI=1S/C47H90O6/c1-6-8-9-10-20-27-32-37-45(48)51-40-44(41-52-46(49)38-33-28-23-19-18-22-26-31-36-43(5)7-2)53-47(50)39-34-29-24-17-15-13-11-12-14-16-21-25-30-35-42(3)4/h42-44H,6-41H2,1-5H3/t43?,44-/m0/s1. The summed E-state index contributed by atoms with van der Waals surface area (Å²) >= 11 is 0. The number of hydrogen-bond donors (Lipinski definition) is 0. The van der Waals surface area contributed by atoms with Crippen LogP contribution < -0.4 is 0 Å². The first-order valence-electron chi connectivity index (χ1n) is 23.3. The zero-order valence-corrected chi connectivity index (χ0v) is 36.1. The van der Waals surface area contributed by atoms with Crippen LogP contribution in [-0.4, -0.2) is 37.2 Å². The molecule has 2 atom stereocenters. The molecule has 0 fully saturated rings. The van der Waals surface area contributed by atoms with Gasteiger partial charge in [0.1, 0.15) is 13.2 Å². The Kier molecular flexibility index (Phi) is 38.9. The van der Waals surface area contributed by atoms with E-state index in [1.54, 1.807) is 0 Å². The van der Waals surface area contributed by atoms with Crippen LogP contribution in [0.1, 0.15) is 253 Å². The third-order valence-electron chi connectivity index (χ3n) is 10.8. The molecule has 0 bridgehead atoms. The third kappa shape index (κ3) is 39.9. The molecule has 0 aromatic carbocycles. The summed E-state index contributed by atoms with van der Waals surface area (Å²) < 4.78 is 16.7. The van der Waals surface area contributed by atoms with E-state index in [0.717, 1.165) is 69.6 Å². The van der Waals surface area contributed by atoms with Gasteiger partial charge in [0, 0.05) is 19.3 Å². The van der Waals surface area contributed by atoms with Crippen molar-refractivity contribution in [1.29, 1.82) is 0 Å². The average Bonchev–Trinajstić information content (AvgIpc) is 3.14. The lowest BCUT2D eigenvalue weighted by molar-refractivity contribution is -0.167. The molecular formula is C47H90O6. The highest BCUT2D eigenvalue weighted by Crippen LogP contribution is 2.17. The monoisotopic (exact) mass is 751 g/mol. The molecule has 53 heavy (non-hydrogen) atoms. The summed E-state index contributed by atoms with van der Waals surface area (Å²) in [6, 6.07) is 0. The van der Waals surface area contributed by atoms with E-state index >= 15 is 0 Å². The van der Waals surface area contributed by atoms with Crippen LogP contribution in [0.15, 0.2) is 0 Å². The van der Waals surface area contributed by atoms with Gasteiger partial charge in [-0.1, -0.05) is 214 Å². The predicted molar refractivity (Wildman–Crippen MR) is 224 cm³/mol. The maximum absolute atomic E-state index is 12.7. The summed E-state index contributed by atoms with van der Waals surface area (Å²) in [5, 5.41) is 0. The van der Waals surface area contributed by atoms with Crippen LogP contribution in [0, 0.1) is 11.8 Å². The van der Waals surface area contributed by atoms with Crippen LogP contribution in [0.5, 0.6) is 0 Å². The van der Waals surface area contributed by atoms with Gasteiger partial charge in [0.15, 0.2) is 6.10 Å². The first-order chi connectivity index (χ1) is 25.8. The largest absolute Gasteiger partial charge is 0.462 e. The van der Waals surface area contributed by atoms with Crippen LogP contribution in [0.3, 0.4) is 0 Å². The van der Waals surface area contributed by atoms with E-state index in [4.69, 9.17) is 14.2 Å². The number of esters is 3. The molecule has 6 heteroatoms. The van der Waals surface area contributed by atoms with Crippen molar-refractivity contribution < 1.29 is 28.6 Å². The molecule has 0 saturated heterocycles. The van der Waals surface area contributed by atoms with E-state index in [9.17, 15) is 14.4 Å². The van der Waals surface area contributed by atoms with E-state index < -0.39 is 6.10 Å². The van der Waals surface area contributed by atoms with Gasteiger partial charge in [-0.3, -0.25) is 14.4 Å². The second kappa shape index (κ2) is 40.1. The van der Waals surface area contributed by atoms with Crippen molar-refractivity contribution in [3.05, 3.63) is 0 Å². The molecule has 0 amide bonds. The molecule has 0 aliphatic carbocycles. The zero-order chi connectivity index (χ0) is 39.0. The molecule has 0 N–H and O–H groups in total. The Morgan fingerprint density at radius 3 is 1.08 bits per heavy atom. The highest BCUT2D eigenvalue weighted by molar-refractivity contribution is 5.71. The minimum atomic E-state index is -0.759. The van der Waals surface area contributed by atoms with Crippen molar-refractivity contribution >= 4 is 17.9 Å². The molecule has 0 aromatic heterocycles. The Morgan fingerprint density at radius 2 is 0.717 bits per heavy atom. The van der Waals surface area contributed by atoms with Crippen LogP contribution in [0.2, 0.25) is 0 Å². The molecule has 314 valence electrons. The van der Waals surface area contributed by atoms with Gasteiger partial charge in [-0.25, -0.2) is 0 Å². The molecular weight excluding hydrogens is 661 g/mol. The number of carbonyl (C=O) groups excluding carboxylic acids is 3. The van der Waals surface area contributed by atoms with E-state index in [2.05, 4.69) is 34.6 Å². The van der Waals surface area contributed by atoms with E-state index in [1.165, 1.54) is 141 Å². The maximum atomic E-state index is 12.7. The van der Waals surface area contributed by atoms with Gasteiger partial charge in [0.25, 0.3) is 0 Å². The Hall–Kier alpha value is -1.59. The minimum absolute atomic E-state index is 0.0654. The number of rotatable bonds is 41. The van der Waals surface area contributed by atoms with E-state index in [-0.39, 0.29) is 31.1 Å². The van der Waals surface area contributed by atoms with E-state index in [0.29, 0.717) is 19.3 Å². The van der Waals surface area contributed by atoms with Gasteiger partial charge in [-0.15, -0.1) is 0 Å². The van der Waals surface area contributed by atoms with Gasteiger partial charge in [0.05, 0.1) is 0 Å². The molecule has 0 rings (SSSR count). The zero-order valence-electron chi connectivity index (χ0n) is 36.1. The lowest BCUT2D eigenvalue weighted by Crippen LogP contribution is -2.30. The first-order valence-corrected chi connectivity index (χ1v) is 23.3. The van der Waals surface area contributed by atoms with Crippen molar-refractivity contribution in [2.24, 2.45) is 11.8 Å². The summed E-state index contributed by atoms with van der Waals surface area (Å²) in [7, 11) is 0. The number of unbranched alkanes of at least 4 members (excludes halogenated alkanes) is 25. The Balaban J connectivity index is 4.26. The van der Waals surface area contributed by atoms with E-state index in [1.807, 2.05) is 0 Å². The molecule has 0 aliphatic heterocycles. The summed E-state index contributed by atoms with van der Waals surface area (Å²) in [6.45, 7) is 11.3. The second-order valence-electron chi connectivity index (χ2n) is 16.8. The third-order valence-corrected chi connectivity index (χ3v) is 10.8. The van der Waals surface area contributed by atoms with Crippen molar-refractivity contribution in [3.8, 4) is 0 Å². The van der Waals surface area contributed by atoms with Crippen LogP contribution in [0.4, 0.5) is 0 Å². The molecule has 0 aliphatic rings. The van der Waals surface area contributed by atoms with Gasteiger partial charge < -0.3 is 14.2 Å². The fourth-order valence-electron chi connectivity index (χ4n) is 6.90. The van der Waals surface area contributed by atoms with Crippen LogP contribution in [-0.2, 0) is 28.6 Å². The molecule has 0 spiro atoms. The van der Waals surface area contributed by atoms with Crippen molar-refractivity contribution in [2.75, 3.05) is 13.2 Å². The number of hydrogen-bond acceptors (Lipinski definition) is 6.